The van der Waals surface area contributed by atoms with Crippen molar-refractivity contribution in [2.24, 2.45) is 17.9 Å². The van der Waals surface area contributed by atoms with E-state index in [-0.39, 0.29) is 35.3 Å². The first-order valence-corrected chi connectivity index (χ1v) is 16.1. The van der Waals surface area contributed by atoms with Crippen molar-refractivity contribution < 1.29 is 51.4 Å². The van der Waals surface area contributed by atoms with Crippen molar-refractivity contribution in [2.75, 3.05) is 18.9 Å². The van der Waals surface area contributed by atoms with Gasteiger partial charge in [-0.1, -0.05) is 5.16 Å². The molecule has 2 aromatic heterocycles. The highest BCUT2D eigenvalue weighted by Crippen LogP contribution is 2.33. The van der Waals surface area contributed by atoms with Crippen LogP contribution in [0.3, 0.4) is 0 Å². The Labute approximate surface area is 276 Å². The number of rotatable bonds is 15. The summed E-state index contributed by atoms with van der Waals surface area (Å²) in [6.45, 7) is 2.32. The van der Waals surface area contributed by atoms with Crippen LogP contribution >= 0.6 is 11.3 Å². The van der Waals surface area contributed by atoms with Gasteiger partial charge in [0.1, 0.15) is 24.1 Å². The summed E-state index contributed by atoms with van der Waals surface area (Å²) >= 11 is 0.940. The molecule has 4 rings (SSSR count). The van der Waals surface area contributed by atoms with Crippen molar-refractivity contribution in [3.05, 3.63) is 47.2 Å². The zero-order valence-corrected chi connectivity index (χ0v) is 27.3. The number of aliphatic hydroxyl groups excluding tert-OH is 1. The molecule has 0 spiro atoms. The van der Waals surface area contributed by atoms with Crippen LogP contribution in [0, 0.1) is 5.41 Å². The number of amides is 2. The third-order valence-electron chi connectivity index (χ3n) is 7.11. The molecular formula is C26H33N9O11S2. The first-order chi connectivity index (χ1) is 22.4. The molecule has 0 bridgehead atoms. The van der Waals surface area contributed by atoms with E-state index in [2.05, 4.69) is 19.7 Å². The average molecular weight is 712 g/mol. The second-order valence-electron chi connectivity index (χ2n) is 10.9. The Bertz CT molecular complexity index is 1880. The number of hydrogen-bond acceptors (Lipinski definition) is 15. The van der Waals surface area contributed by atoms with E-state index in [9.17, 15) is 33.0 Å². The molecule has 0 saturated carbocycles. The number of hydrogen-bond donors (Lipinski definition) is 7. The average Bonchev–Trinajstić information content (AvgIpc) is 3.57. The van der Waals surface area contributed by atoms with Gasteiger partial charge in [0.2, 0.25) is 5.62 Å². The lowest BCUT2D eigenvalue weighted by molar-refractivity contribution is -0.218. The van der Waals surface area contributed by atoms with Crippen molar-refractivity contribution in [2.45, 2.75) is 44.2 Å². The number of carbonyl (C=O) groups is 3. The second kappa shape index (κ2) is 14.1. The van der Waals surface area contributed by atoms with Gasteiger partial charge >= 0.3 is 16.4 Å². The highest BCUT2D eigenvalue weighted by Gasteiger charge is 2.58. The van der Waals surface area contributed by atoms with Crippen molar-refractivity contribution in [1.29, 1.82) is 5.41 Å². The number of nitrogens with one attached hydrogen (secondary N) is 2. The number of thiazole rings is 1. The zero-order chi connectivity index (χ0) is 35.6. The van der Waals surface area contributed by atoms with Gasteiger partial charge in [0.25, 0.3) is 17.9 Å². The van der Waals surface area contributed by atoms with Gasteiger partial charge in [-0.15, -0.1) is 15.6 Å². The summed E-state index contributed by atoms with van der Waals surface area (Å²) in [6, 6.07) is 5.15. The van der Waals surface area contributed by atoms with Gasteiger partial charge in [0.05, 0.1) is 23.9 Å². The van der Waals surface area contributed by atoms with Crippen molar-refractivity contribution >= 4 is 50.4 Å². The van der Waals surface area contributed by atoms with Gasteiger partial charge in [-0.3, -0.25) is 19.6 Å². The predicted octanol–water partition coefficient (Wildman–Crippen LogP) is -1.58. The number of benzene rings is 1. The number of aliphatic hydroxyl groups is 1. The number of hydroxylamine groups is 2. The van der Waals surface area contributed by atoms with Gasteiger partial charge in [-0.2, -0.15) is 13.5 Å². The maximum Gasteiger partial charge on any atom is 0.418 e. The van der Waals surface area contributed by atoms with Crippen LogP contribution in [0.25, 0.3) is 11.3 Å². The number of aliphatic carboxylic acids is 1. The van der Waals surface area contributed by atoms with E-state index in [1.165, 1.54) is 19.2 Å². The smallest absolute Gasteiger partial charge is 0.418 e. The van der Waals surface area contributed by atoms with Gasteiger partial charge in [0, 0.05) is 25.2 Å². The first-order valence-electron chi connectivity index (χ1n) is 13.8. The minimum Gasteiger partial charge on any atom is -0.489 e. The van der Waals surface area contributed by atoms with Crippen LogP contribution < -0.4 is 27.1 Å². The van der Waals surface area contributed by atoms with Crippen LogP contribution in [0.4, 0.5) is 5.13 Å². The molecule has 1 aliphatic rings. The molecule has 48 heavy (non-hydrogen) atoms. The maximum absolute atomic E-state index is 13.2. The van der Waals surface area contributed by atoms with Crippen LogP contribution in [0.2, 0.25) is 0 Å². The monoisotopic (exact) mass is 711 g/mol. The van der Waals surface area contributed by atoms with Crippen LogP contribution in [0.15, 0.2) is 41.0 Å². The SMILES string of the molecule is Cn1c(-c2ccc(OCC(O/N=C(\C(=O)NC3C(=O)N(OS(=O)(=O)O)C3(C)C)c3csc(N)n3)C(=O)O)cc2)cn(CC(O)CN)c1=N. The molecule has 260 valence electrons. The highest BCUT2D eigenvalue weighted by atomic mass is 32.3. The number of β-lactam (4-membered cyclic amide) rings is 1. The Balaban J connectivity index is 1.46. The maximum atomic E-state index is 13.2. The molecule has 3 atom stereocenters. The van der Waals surface area contributed by atoms with E-state index in [4.69, 9.17) is 31.0 Å². The van der Waals surface area contributed by atoms with Crippen LogP contribution in [-0.2, 0) is 47.5 Å². The van der Waals surface area contributed by atoms with Gasteiger partial charge < -0.3 is 45.7 Å². The summed E-state index contributed by atoms with van der Waals surface area (Å²) in [5.74, 6) is -3.29. The van der Waals surface area contributed by atoms with E-state index in [1.807, 2.05) is 0 Å². The molecule has 22 heteroatoms. The summed E-state index contributed by atoms with van der Waals surface area (Å²) < 4.78 is 44.2. The molecule has 1 aliphatic heterocycles. The summed E-state index contributed by atoms with van der Waals surface area (Å²) in [7, 11) is -3.34. The number of nitrogens with zero attached hydrogens (tertiary/aromatic N) is 5. The molecule has 9 N–H and O–H groups in total. The predicted molar refractivity (Wildman–Crippen MR) is 166 cm³/mol. The standard InChI is InChI=1S/C26H33N9O11S2/c1-26(2)20(22(38)35(26)46-48(41,42)43)31-21(37)19(16-12-47-24(28)30-16)32-45-18(23(39)40)11-44-15-6-4-13(5-7-15)17-10-34(9-14(36)8-27)25(29)33(17)3/h4-7,10,12,14,18,20,29,36H,8-9,11,27H2,1-3H3,(H2,28,30)(H,31,37)(H,39,40)(H,41,42,43)/b29-25?,32-19-. The fraction of sp³-hybridized carbons (Fsp3) is 0.385. The van der Waals surface area contributed by atoms with Crippen LogP contribution in [-0.4, -0.2) is 103 Å². The molecule has 1 saturated heterocycles. The third kappa shape index (κ3) is 7.98. The number of aromatic nitrogens is 3. The molecule has 2 amide bonds. The Kier molecular flexibility index (Phi) is 10.6. The van der Waals surface area contributed by atoms with Gasteiger partial charge in [0.15, 0.2) is 10.8 Å². The Hall–Kier alpha value is -4.87. The summed E-state index contributed by atoms with van der Waals surface area (Å²) in [6.07, 6.45) is -0.849. The van der Waals surface area contributed by atoms with Crippen molar-refractivity contribution in [3.8, 4) is 17.0 Å². The lowest BCUT2D eigenvalue weighted by Crippen LogP contribution is -2.76. The fourth-order valence-corrected chi connectivity index (χ4v) is 5.49. The van der Waals surface area contributed by atoms with E-state index in [1.54, 1.807) is 46.6 Å². The van der Waals surface area contributed by atoms with Gasteiger partial charge in [-0.25, -0.2) is 9.78 Å². The zero-order valence-electron chi connectivity index (χ0n) is 25.6. The van der Waals surface area contributed by atoms with Crippen molar-refractivity contribution in [1.82, 2.24) is 24.5 Å². The number of oxime groups is 1. The van der Waals surface area contributed by atoms with E-state index < -0.39 is 64.3 Å². The largest absolute Gasteiger partial charge is 0.489 e. The topological polar surface area (TPSA) is 300 Å². The quantitative estimate of drug-likeness (QED) is 0.0405. The Morgan fingerprint density at radius 1 is 1.27 bits per heavy atom. The molecular weight excluding hydrogens is 678 g/mol. The Morgan fingerprint density at radius 3 is 2.48 bits per heavy atom. The first kappa shape index (κ1) is 36.0. The number of carboxylic acids is 1. The number of imidazole rings is 1. The third-order valence-corrected chi connectivity index (χ3v) is 8.12. The normalized spacial score (nSPS) is 17.4. The molecule has 0 radical (unpaired) electrons. The molecule has 3 unspecified atom stereocenters. The number of nitrogens with two attached hydrogens (primary N) is 2. The number of ether oxygens (including phenoxy) is 1. The van der Waals surface area contributed by atoms with E-state index in [0.29, 0.717) is 16.3 Å². The van der Waals surface area contributed by atoms with Crippen LogP contribution in [0.1, 0.15) is 19.5 Å². The summed E-state index contributed by atoms with van der Waals surface area (Å²) in [5.41, 5.74) is 10.6. The number of carbonyl (C=O) groups excluding carboxylic acids is 2. The number of nitrogen functional groups attached to an aromatic ring is 1. The molecule has 3 heterocycles. The lowest BCUT2D eigenvalue weighted by Gasteiger charge is -2.50. The molecule has 20 nitrogen and oxygen atoms in total. The lowest BCUT2D eigenvalue weighted by atomic mass is 9.84. The minimum atomic E-state index is -5.03. The highest BCUT2D eigenvalue weighted by molar-refractivity contribution is 7.80. The molecule has 3 aromatic rings. The molecule has 1 aromatic carbocycles. The molecule has 0 aliphatic carbocycles. The van der Waals surface area contributed by atoms with E-state index >= 15 is 0 Å². The summed E-state index contributed by atoms with van der Waals surface area (Å²) in [4.78, 5) is 46.8. The van der Waals surface area contributed by atoms with Crippen molar-refractivity contribution in [3.63, 3.8) is 0 Å². The van der Waals surface area contributed by atoms with Gasteiger partial charge in [-0.05, 0) is 43.7 Å². The number of carboxylic acid groups (broad SMARTS) is 1. The summed E-state index contributed by atoms with van der Waals surface area (Å²) in [5, 5.41) is 35.7. The van der Waals surface area contributed by atoms with Crippen LogP contribution in [0.5, 0.6) is 5.75 Å². The molecule has 1 fully saturated rings. The second-order valence-corrected chi connectivity index (χ2v) is 12.8. The Morgan fingerprint density at radius 2 is 1.94 bits per heavy atom. The fourth-order valence-electron chi connectivity index (χ4n) is 4.49. The minimum absolute atomic E-state index is 0.0390. The van der Waals surface area contributed by atoms with E-state index in [0.717, 1.165) is 11.3 Å². The number of anilines is 1.